The third kappa shape index (κ3) is 2.64. The second kappa shape index (κ2) is 5.03. The predicted molar refractivity (Wildman–Crippen MR) is 67.3 cm³/mol. The smallest absolute Gasteiger partial charge is 0.151 e. The number of aliphatic imine (C=N–C) groups is 1. The van der Waals surface area contributed by atoms with Crippen LogP contribution in [0.4, 0.5) is 0 Å². The minimum Gasteiger partial charge on any atom is -0.282 e. The molecular weight excluding hydrogens is 196 g/mol. The molecule has 2 nitrogen and oxygen atoms in total. The van der Waals surface area contributed by atoms with Crippen LogP contribution >= 0.6 is 0 Å². The molecule has 0 saturated carbocycles. The average molecular weight is 208 g/mol. The summed E-state index contributed by atoms with van der Waals surface area (Å²) in [7, 11) is 0. The maximum atomic E-state index is 7.78. The first-order valence-electron chi connectivity index (χ1n) is 5.09. The lowest BCUT2D eigenvalue weighted by Crippen LogP contribution is -1.95. The molecule has 0 bridgehead atoms. The van der Waals surface area contributed by atoms with Crippen LogP contribution in [0.25, 0.3) is 0 Å². The first-order chi connectivity index (χ1) is 7.86. The van der Waals surface area contributed by atoms with E-state index < -0.39 is 0 Å². The van der Waals surface area contributed by atoms with Crippen molar-refractivity contribution in [1.82, 2.24) is 0 Å². The number of nitrogens with zero attached hydrogens (tertiary/aromatic N) is 1. The van der Waals surface area contributed by atoms with Crippen LogP contribution in [0.15, 0.2) is 65.7 Å². The Morgan fingerprint density at radius 3 is 2.06 bits per heavy atom. The molecule has 2 rings (SSSR count). The molecule has 0 unspecified atom stereocenters. The van der Waals surface area contributed by atoms with E-state index in [1.807, 2.05) is 60.7 Å². The molecule has 0 aliphatic carbocycles. The first kappa shape index (κ1) is 10.3. The normalized spacial score (nSPS) is 10.5. The largest absolute Gasteiger partial charge is 0.282 e. The molecule has 0 aromatic heterocycles. The first-order valence-corrected chi connectivity index (χ1v) is 5.09. The van der Waals surface area contributed by atoms with Gasteiger partial charge in [0.1, 0.15) is 0 Å². The van der Waals surface area contributed by atoms with Crippen LogP contribution in [-0.2, 0) is 0 Å². The van der Waals surface area contributed by atoms with Crippen molar-refractivity contribution in [3.8, 4) is 0 Å². The van der Waals surface area contributed by atoms with E-state index in [0.717, 1.165) is 11.1 Å². The van der Waals surface area contributed by atoms with Crippen molar-refractivity contribution in [1.29, 1.82) is 5.41 Å². The summed E-state index contributed by atoms with van der Waals surface area (Å²) >= 11 is 0. The van der Waals surface area contributed by atoms with Crippen molar-refractivity contribution in [3.05, 3.63) is 71.8 Å². The van der Waals surface area contributed by atoms with Crippen LogP contribution in [0, 0.1) is 5.41 Å². The predicted octanol–water partition coefficient (Wildman–Crippen LogP) is 3.13. The maximum Gasteiger partial charge on any atom is 0.151 e. The van der Waals surface area contributed by atoms with E-state index in [4.69, 9.17) is 5.41 Å². The van der Waals surface area contributed by atoms with E-state index in [9.17, 15) is 0 Å². The fourth-order valence-corrected chi connectivity index (χ4v) is 1.35. The molecule has 0 aliphatic rings. The third-order valence-corrected chi connectivity index (χ3v) is 2.19. The van der Waals surface area contributed by atoms with Crippen molar-refractivity contribution in [2.75, 3.05) is 0 Å². The van der Waals surface area contributed by atoms with E-state index in [1.165, 1.54) is 0 Å². The van der Waals surface area contributed by atoms with Gasteiger partial charge in [0, 0.05) is 11.8 Å². The lowest BCUT2D eigenvalue weighted by atomic mass is 10.2. The number of nitrogens with one attached hydrogen (secondary N) is 1. The molecule has 2 aromatic carbocycles. The Hall–Kier alpha value is -2.22. The Bertz CT molecular complexity index is 487. The molecule has 0 radical (unpaired) electrons. The van der Waals surface area contributed by atoms with Gasteiger partial charge >= 0.3 is 0 Å². The molecule has 16 heavy (non-hydrogen) atoms. The van der Waals surface area contributed by atoms with E-state index in [-0.39, 0.29) is 5.84 Å². The van der Waals surface area contributed by atoms with Gasteiger partial charge < -0.3 is 0 Å². The van der Waals surface area contributed by atoms with Crippen molar-refractivity contribution in [2.45, 2.75) is 0 Å². The van der Waals surface area contributed by atoms with Gasteiger partial charge in [-0.25, -0.2) is 4.99 Å². The van der Waals surface area contributed by atoms with Crippen molar-refractivity contribution < 1.29 is 0 Å². The van der Waals surface area contributed by atoms with Gasteiger partial charge in [0.25, 0.3) is 0 Å². The van der Waals surface area contributed by atoms with Gasteiger partial charge in [-0.15, -0.1) is 0 Å². The SMILES string of the molecule is N=C(/N=C/c1ccccc1)c1ccccc1. The Balaban J connectivity index is 2.12. The Morgan fingerprint density at radius 2 is 1.44 bits per heavy atom. The summed E-state index contributed by atoms with van der Waals surface area (Å²) in [6, 6.07) is 19.3. The summed E-state index contributed by atoms with van der Waals surface area (Å²) in [5, 5.41) is 7.78. The van der Waals surface area contributed by atoms with Crippen molar-refractivity contribution in [3.63, 3.8) is 0 Å². The quantitative estimate of drug-likeness (QED) is 0.581. The highest BCUT2D eigenvalue weighted by Crippen LogP contribution is 2.01. The fourth-order valence-electron chi connectivity index (χ4n) is 1.35. The van der Waals surface area contributed by atoms with Gasteiger partial charge in [-0.3, -0.25) is 5.41 Å². The van der Waals surface area contributed by atoms with E-state index in [0.29, 0.717) is 0 Å². The number of rotatable bonds is 2. The molecule has 0 aliphatic heterocycles. The standard InChI is InChI=1S/C14H12N2/c15-14(13-9-5-2-6-10-13)16-11-12-7-3-1-4-8-12/h1-11,15H/b15-14?,16-11+. The van der Waals surface area contributed by atoms with Gasteiger partial charge in [0.2, 0.25) is 0 Å². The lowest BCUT2D eigenvalue weighted by molar-refractivity contribution is 1.42. The van der Waals surface area contributed by atoms with Crippen LogP contribution < -0.4 is 0 Å². The van der Waals surface area contributed by atoms with Gasteiger partial charge in [-0.1, -0.05) is 60.7 Å². The van der Waals surface area contributed by atoms with Crippen LogP contribution in [0.5, 0.6) is 0 Å². The summed E-state index contributed by atoms with van der Waals surface area (Å²) in [6.07, 6.45) is 1.70. The summed E-state index contributed by atoms with van der Waals surface area (Å²) in [6.45, 7) is 0. The Morgan fingerprint density at radius 1 is 0.875 bits per heavy atom. The number of hydrogen-bond acceptors (Lipinski definition) is 1. The van der Waals surface area contributed by atoms with Gasteiger partial charge in [0.05, 0.1) is 0 Å². The van der Waals surface area contributed by atoms with Crippen LogP contribution in [0.1, 0.15) is 11.1 Å². The fraction of sp³-hybridized carbons (Fsp3) is 0. The zero-order valence-corrected chi connectivity index (χ0v) is 8.80. The Labute approximate surface area is 94.8 Å². The molecular formula is C14H12N2. The molecule has 0 atom stereocenters. The van der Waals surface area contributed by atoms with Crippen LogP contribution in [0.2, 0.25) is 0 Å². The number of benzene rings is 2. The minimum atomic E-state index is 0.282. The molecule has 0 heterocycles. The van der Waals surface area contributed by atoms with Crippen LogP contribution in [-0.4, -0.2) is 12.1 Å². The highest BCUT2D eigenvalue weighted by molar-refractivity contribution is 6.03. The average Bonchev–Trinajstić information content (AvgIpc) is 2.38. The number of hydrogen-bond donors (Lipinski definition) is 1. The molecule has 2 heteroatoms. The highest BCUT2D eigenvalue weighted by Gasteiger charge is 1.95. The second-order valence-electron chi connectivity index (χ2n) is 3.38. The number of amidine groups is 1. The highest BCUT2D eigenvalue weighted by atomic mass is 14.8. The van der Waals surface area contributed by atoms with Crippen LogP contribution in [0.3, 0.4) is 0 Å². The summed E-state index contributed by atoms with van der Waals surface area (Å²) in [5.41, 5.74) is 1.83. The summed E-state index contributed by atoms with van der Waals surface area (Å²) in [5.74, 6) is 0.282. The Kier molecular flexibility index (Phi) is 3.24. The minimum absolute atomic E-state index is 0.282. The summed E-state index contributed by atoms with van der Waals surface area (Å²) < 4.78 is 0. The zero-order chi connectivity index (χ0) is 11.2. The van der Waals surface area contributed by atoms with E-state index >= 15 is 0 Å². The molecule has 2 aromatic rings. The van der Waals surface area contributed by atoms with Gasteiger partial charge in [-0.05, 0) is 5.56 Å². The summed E-state index contributed by atoms with van der Waals surface area (Å²) in [4.78, 5) is 4.12. The molecule has 1 N–H and O–H groups in total. The maximum absolute atomic E-state index is 7.78. The zero-order valence-electron chi connectivity index (χ0n) is 8.80. The molecule has 0 spiro atoms. The molecule has 0 fully saturated rings. The van der Waals surface area contributed by atoms with Gasteiger partial charge in [0.15, 0.2) is 5.84 Å². The molecule has 0 saturated heterocycles. The van der Waals surface area contributed by atoms with Gasteiger partial charge in [-0.2, -0.15) is 0 Å². The molecule has 78 valence electrons. The lowest BCUT2D eigenvalue weighted by Gasteiger charge is -1.96. The third-order valence-electron chi connectivity index (χ3n) is 2.19. The topological polar surface area (TPSA) is 36.2 Å². The van der Waals surface area contributed by atoms with E-state index in [2.05, 4.69) is 4.99 Å². The second-order valence-corrected chi connectivity index (χ2v) is 3.38. The monoisotopic (exact) mass is 208 g/mol. The van der Waals surface area contributed by atoms with Crippen molar-refractivity contribution >= 4 is 12.1 Å². The van der Waals surface area contributed by atoms with E-state index in [1.54, 1.807) is 6.21 Å². The molecule has 0 amide bonds. The van der Waals surface area contributed by atoms with Crippen molar-refractivity contribution in [2.24, 2.45) is 4.99 Å².